The highest BCUT2D eigenvalue weighted by molar-refractivity contribution is 5.28. The normalized spacial score (nSPS) is 13.2. The van der Waals surface area contributed by atoms with E-state index in [0.717, 1.165) is 0 Å². The summed E-state index contributed by atoms with van der Waals surface area (Å²) in [6.07, 6.45) is -3.05. The van der Waals surface area contributed by atoms with Gasteiger partial charge in [-0.3, -0.25) is 0 Å². The topological polar surface area (TPSA) is 29.5 Å². The molecule has 1 aromatic carbocycles. The van der Waals surface area contributed by atoms with Gasteiger partial charge in [0.25, 0.3) is 0 Å². The molecule has 0 aliphatic heterocycles. The number of rotatable bonds is 4. The van der Waals surface area contributed by atoms with Gasteiger partial charge < -0.3 is 9.84 Å². The van der Waals surface area contributed by atoms with E-state index in [4.69, 9.17) is 9.84 Å². The Hall–Kier alpha value is -1.14. The molecule has 1 N–H and O–H groups in total. The molecule has 0 radical (unpaired) electrons. The Labute approximate surface area is 95.8 Å². The van der Waals surface area contributed by atoms with Crippen LogP contribution in [0, 0.1) is 17.5 Å². The Morgan fingerprint density at radius 2 is 1.82 bits per heavy atom. The van der Waals surface area contributed by atoms with Crippen molar-refractivity contribution in [3.8, 4) is 0 Å². The third-order valence-electron chi connectivity index (χ3n) is 2.10. The molecule has 1 atom stereocenters. The van der Waals surface area contributed by atoms with Crippen molar-refractivity contribution >= 4 is 0 Å². The molecule has 0 aliphatic carbocycles. The lowest BCUT2D eigenvalue weighted by atomic mass is 10.1. The molecule has 0 amide bonds. The van der Waals surface area contributed by atoms with Gasteiger partial charge in [0, 0.05) is 0 Å². The van der Waals surface area contributed by atoms with Crippen LogP contribution in [0.3, 0.4) is 0 Å². The number of benzene rings is 1. The van der Waals surface area contributed by atoms with E-state index in [-0.39, 0.29) is 6.10 Å². The second-order valence-electron chi connectivity index (χ2n) is 3.75. The molecule has 1 aromatic rings. The van der Waals surface area contributed by atoms with Crippen molar-refractivity contribution in [2.24, 2.45) is 0 Å². The van der Waals surface area contributed by atoms with Crippen molar-refractivity contribution in [3.63, 3.8) is 0 Å². The quantitative estimate of drug-likeness (QED) is 0.659. The molecule has 0 spiro atoms. The molecular formula is C11H12F4O2. The van der Waals surface area contributed by atoms with Crippen LogP contribution in [0.4, 0.5) is 17.6 Å². The van der Waals surface area contributed by atoms with E-state index in [9.17, 15) is 17.6 Å². The maximum absolute atomic E-state index is 13.4. The standard InChI is InChI=1S/C11H12F4O2/c1-5(2)17-4-7-8(12)3-6(11(15)16)9(13)10(7)14/h3,5,11,16H,4H2,1-2H3. The predicted molar refractivity (Wildman–Crippen MR) is 52.3 cm³/mol. The van der Waals surface area contributed by atoms with Gasteiger partial charge >= 0.3 is 0 Å². The van der Waals surface area contributed by atoms with Crippen LogP contribution in [0.1, 0.15) is 31.3 Å². The maximum Gasteiger partial charge on any atom is 0.225 e. The van der Waals surface area contributed by atoms with Crippen LogP contribution >= 0.6 is 0 Å². The Bertz CT molecular complexity index is 405. The second-order valence-corrected chi connectivity index (χ2v) is 3.75. The number of aliphatic hydroxyl groups excluding tert-OH is 1. The predicted octanol–water partition coefficient (Wildman–Crippen LogP) is 2.99. The number of hydrogen-bond donors (Lipinski definition) is 1. The third-order valence-corrected chi connectivity index (χ3v) is 2.10. The fourth-order valence-corrected chi connectivity index (χ4v) is 1.21. The van der Waals surface area contributed by atoms with Gasteiger partial charge in [-0.05, 0) is 19.9 Å². The molecule has 0 saturated carbocycles. The highest BCUT2D eigenvalue weighted by Gasteiger charge is 2.22. The summed E-state index contributed by atoms with van der Waals surface area (Å²) in [5, 5.41) is 8.49. The van der Waals surface area contributed by atoms with Crippen molar-refractivity contribution in [2.45, 2.75) is 32.9 Å². The maximum atomic E-state index is 13.4. The van der Waals surface area contributed by atoms with Crippen LogP contribution in [0.25, 0.3) is 0 Å². The molecule has 96 valence electrons. The summed E-state index contributed by atoms with van der Waals surface area (Å²) in [5.41, 5.74) is -1.69. The molecule has 1 unspecified atom stereocenters. The van der Waals surface area contributed by atoms with Gasteiger partial charge in [-0.1, -0.05) is 0 Å². The minimum absolute atomic E-state index is 0.289. The minimum atomic E-state index is -2.76. The number of alkyl halides is 1. The Morgan fingerprint density at radius 3 is 2.29 bits per heavy atom. The summed E-state index contributed by atoms with van der Waals surface area (Å²) >= 11 is 0. The Balaban J connectivity index is 3.12. The van der Waals surface area contributed by atoms with E-state index in [1.807, 2.05) is 0 Å². The summed E-state index contributed by atoms with van der Waals surface area (Å²) in [6, 6.07) is 0.419. The molecule has 0 aliphatic rings. The van der Waals surface area contributed by atoms with Crippen LogP contribution < -0.4 is 0 Å². The zero-order valence-electron chi connectivity index (χ0n) is 9.31. The molecule has 1 rings (SSSR count). The van der Waals surface area contributed by atoms with Crippen LogP contribution in [0.5, 0.6) is 0 Å². The fraction of sp³-hybridized carbons (Fsp3) is 0.455. The molecule has 0 aromatic heterocycles. The lowest BCUT2D eigenvalue weighted by Crippen LogP contribution is -2.09. The first-order valence-corrected chi connectivity index (χ1v) is 4.94. The van der Waals surface area contributed by atoms with Gasteiger partial charge in [-0.15, -0.1) is 0 Å². The second kappa shape index (κ2) is 5.46. The third kappa shape index (κ3) is 3.17. The van der Waals surface area contributed by atoms with Crippen molar-refractivity contribution in [1.82, 2.24) is 0 Å². The van der Waals surface area contributed by atoms with E-state index in [1.165, 1.54) is 0 Å². The van der Waals surface area contributed by atoms with E-state index >= 15 is 0 Å². The van der Waals surface area contributed by atoms with E-state index < -0.39 is 41.5 Å². The Morgan fingerprint density at radius 1 is 1.24 bits per heavy atom. The van der Waals surface area contributed by atoms with Gasteiger partial charge in [0.15, 0.2) is 11.6 Å². The molecule has 0 heterocycles. The van der Waals surface area contributed by atoms with E-state index in [1.54, 1.807) is 13.8 Å². The van der Waals surface area contributed by atoms with Crippen molar-refractivity contribution in [2.75, 3.05) is 0 Å². The van der Waals surface area contributed by atoms with Crippen molar-refractivity contribution in [1.29, 1.82) is 0 Å². The molecule has 0 saturated heterocycles. The van der Waals surface area contributed by atoms with E-state index in [0.29, 0.717) is 6.07 Å². The van der Waals surface area contributed by atoms with Gasteiger partial charge in [0.05, 0.1) is 23.8 Å². The fourth-order valence-electron chi connectivity index (χ4n) is 1.21. The minimum Gasteiger partial charge on any atom is -0.374 e. The first-order chi connectivity index (χ1) is 7.84. The average molecular weight is 252 g/mol. The summed E-state index contributed by atoms with van der Waals surface area (Å²) in [5.74, 6) is -4.31. The number of ether oxygens (including phenoxy) is 1. The summed E-state index contributed by atoms with van der Waals surface area (Å²) in [7, 11) is 0. The van der Waals surface area contributed by atoms with Crippen molar-refractivity contribution in [3.05, 3.63) is 34.6 Å². The van der Waals surface area contributed by atoms with Crippen LogP contribution in [-0.4, -0.2) is 11.2 Å². The zero-order valence-corrected chi connectivity index (χ0v) is 9.31. The van der Waals surface area contributed by atoms with Gasteiger partial charge in [-0.25, -0.2) is 17.6 Å². The Kier molecular flexibility index (Phi) is 4.47. The van der Waals surface area contributed by atoms with Crippen LogP contribution in [-0.2, 0) is 11.3 Å². The molecule has 2 nitrogen and oxygen atoms in total. The number of aliphatic hydroxyl groups is 1. The van der Waals surface area contributed by atoms with Crippen LogP contribution in [0.2, 0.25) is 0 Å². The molecular weight excluding hydrogens is 240 g/mol. The van der Waals surface area contributed by atoms with E-state index in [2.05, 4.69) is 0 Å². The first-order valence-electron chi connectivity index (χ1n) is 4.94. The average Bonchev–Trinajstić information content (AvgIpc) is 2.22. The number of hydrogen-bond acceptors (Lipinski definition) is 2. The molecule has 0 fully saturated rings. The zero-order chi connectivity index (χ0) is 13.2. The lowest BCUT2D eigenvalue weighted by Gasteiger charge is -2.12. The van der Waals surface area contributed by atoms with Crippen molar-refractivity contribution < 1.29 is 27.4 Å². The highest BCUT2D eigenvalue weighted by Crippen LogP contribution is 2.26. The molecule has 6 heteroatoms. The first kappa shape index (κ1) is 13.9. The number of halogens is 4. The highest BCUT2D eigenvalue weighted by atomic mass is 19.2. The van der Waals surface area contributed by atoms with Crippen LogP contribution in [0.15, 0.2) is 6.07 Å². The summed E-state index contributed by atoms with van der Waals surface area (Å²) in [6.45, 7) is 2.83. The monoisotopic (exact) mass is 252 g/mol. The van der Waals surface area contributed by atoms with Gasteiger partial charge in [0.1, 0.15) is 5.82 Å². The van der Waals surface area contributed by atoms with Gasteiger partial charge in [0.2, 0.25) is 6.36 Å². The smallest absolute Gasteiger partial charge is 0.225 e. The summed E-state index contributed by atoms with van der Waals surface area (Å²) < 4.78 is 57.3. The van der Waals surface area contributed by atoms with Gasteiger partial charge in [-0.2, -0.15) is 0 Å². The SMILES string of the molecule is CC(C)OCc1c(F)cc(C(O)F)c(F)c1F. The molecule has 0 bridgehead atoms. The summed E-state index contributed by atoms with van der Waals surface area (Å²) in [4.78, 5) is 0. The molecule has 17 heavy (non-hydrogen) atoms. The largest absolute Gasteiger partial charge is 0.374 e. The lowest BCUT2D eigenvalue weighted by molar-refractivity contribution is 0.0358.